The van der Waals surface area contributed by atoms with Gasteiger partial charge in [-0.15, -0.1) is 0 Å². The lowest BCUT2D eigenvalue weighted by atomic mass is 10.2. The van der Waals surface area contributed by atoms with Gasteiger partial charge in [0.25, 0.3) is 0 Å². The zero-order valence-corrected chi connectivity index (χ0v) is 14.0. The lowest BCUT2D eigenvalue weighted by Gasteiger charge is -2.30. The van der Waals surface area contributed by atoms with E-state index in [0.717, 1.165) is 32.5 Å². The number of ether oxygens (including phenoxy) is 2. The van der Waals surface area contributed by atoms with Gasteiger partial charge in [0.1, 0.15) is 17.1 Å². The normalized spacial score (nSPS) is 24.2. The number of likely N-dealkylation sites (tertiary alicyclic amines) is 1. The summed E-state index contributed by atoms with van der Waals surface area (Å²) in [5.74, 6) is 0.620. The van der Waals surface area contributed by atoms with Crippen molar-refractivity contribution in [3.8, 4) is 11.8 Å². The first-order chi connectivity index (χ1) is 11.0. The number of rotatable bonds is 4. The Labute approximate surface area is 136 Å². The van der Waals surface area contributed by atoms with Crippen LogP contribution in [-0.4, -0.2) is 56.7 Å². The number of sulfonamides is 1. The van der Waals surface area contributed by atoms with Crippen molar-refractivity contribution in [2.24, 2.45) is 0 Å². The summed E-state index contributed by atoms with van der Waals surface area (Å²) in [5, 5.41) is 0. The Bertz CT molecular complexity index is 726. The molecule has 4 rings (SSSR count). The van der Waals surface area contributed by atoms with Crippen LogP contribution in [0.3, 0.4) is 0 Å². The minimum absolute atomic E-state index is 0.105. The van der Waals surface area contributed by atoms with Gasteiger partial charge in [-0.3, -0.25) is 4.90 Å². The fourth-order valence-electron chi connectivity index (χ4n) is 2.81. The standard InChI is InChI=1S/C15H21N3O4S/c1-11-9-12-14(17-13(11)21-8-7-18-5-2-6-18)22-15(3-4-15)10-16-23(12,19)20/h9,16H,2-8,10H2,1H3. The van der Waals surface area contributed by atoms with Gasteiger partial charge in [0.15, 0.2) is 0 Å². The van der Waals surface area contributed by atoms with E-state index in [1.54, 1.807) is 13.0 Å². The van der Waals surface area contributed by atoms with E-state index in [9.17, 15) is 8.42 Å². The molecule has 1 saturated carbocycles. The first-order valence-corrected chi connectivity index (χ1v) is 9.51. The highest BCUT2D eigenvalue weighted by atomic mass is 32.2. The molecule has 8 heteroatoms. The summed E-state index contributed by atoms with van der Waals surface area (Å²) < 4.78 is 39.0. The summed E-state index contributed by atoms with van der Waals surface area (Å²) in [7, 11) is -3.58. The first-order valence-electron chi connectivity index (χ1n) is 8.03. The lowest BCUT2D eigenvalue weighted by molar-refractivity contribution is 0.141. The number of nitrogens with one attached hydrogen (secondary N) is 1. The zero-order valence-electron chi connectivity index (χ0n) is 13.2. The van der Waals surface area contributed by atoms with Crippen molar-refractivity contribution in [2.45, 2.75) is 36.7 Å². The fraction of sp³-hybridized carbons (Fsp3) is 0.667. The van der Waals surface area contributed by atoms with E-state index in [1.807, 2.05) is 0 Å². The second kappa shape index (κ2) is 5.32. The second-order valence-electron chi connectivity index (χ2n) is 6.57. The molecule has 0 unspecified atom stereocenters. The maximum Gasteiger partial charge on any atom is 0.246 e. The third-order valence-electron chi connectivity index (χ3n) is 4.69. The molecule has 1 spiro atoms. The van der Waals surface area contributed by atoms with E-state index in [2.05, 4.69) is 14.6 Å². The highest BCUT2D eigenvalue weighted by Gasteiger charge is 2.49. The van der Waals surface area contributed by atoms with Gasteiger partial charge in [-0.2, -0.15) is 4.98 Å². The molecule has 1 aromatic heterocycles. The van der Waals surface area contributed by atoms with Crippen molar-refractivity contribution in [3.05, 3.63) is 11.6 Å². The molecule has 1 N–H and O–H groups in total. The third-order valence-corrected chi connectivity index (χ3v) is 6.08. The highest BCUT2D eigenvalue weighted by molar-refractivity contribution is 7.89. The molecule has 0 aromatic carbocycles. The molecule has 23 heavy (non-hydrogen) atoms. The molecule has 3 heterocycles. The van der Waals surface area contributed by atoms with Crippen LogP contribution in [0, 0.1) is 6.92 Å². The van der Waals surface area contributed by atoms with E-state index < -0.39 is 15.6 Å². The van der Waals surface area contributed by atoms with Crippen molar-refractivity contribution >= 4 is 10.0 Å². The number of hydrogen-bond donors (Lipinski definition) is 1. The summed E-state index contributed by atoms with van der Waals surface area (Å²) in [6.45, 7) is 5.76. The predicted octanol–water partition coefficient (Wildman–Crippen LogP) is 0.678. The number of pyridine rings is 1. The van der Waals surface area contributed by atoms with Gasteiger partial charge in [-0.1, -0.05) is 0 Å². The van der Waals surface area contributed by atoms with Crippen molar-refractivity contribution in [2.75, 3.05) is 32.8 Å². The van der Waals surface area contributed by atoms with Crippen LogP contribution in [0.25, 0.3) is 0 Å². The Kier molecular flexibility index (Phi) is 3.51. The minimum atomic E-state index is -3.58. The maximum absolute atomic E-state index is 12.3. The predicted molar refractivity (Wildman–Crippen MR) is 83.3 cm³/mol. The van der Waals surface area contributed by atoms with Crippen LogP contribution in [0.2, 0.25) is 0 Å². The van der Waals surface area contributed by atoms with Crippen LogP contribution < -0.4 is 14.2 Å². The van der Waals surface area contributed by atoms with Crippen molar-refractivity contribution in [3.63, 3.8) is 0 Å². The van der Waals surface area contributed by atoms with Gasteiger partial charge in [0.2, 0.25) is 21.8 Å². The molecule has 1 saturated heterocycles. The molecule has 0 atom stereocenters. The smallest absolute Gasteiger partial charge is 0.246 e. The van der Waals surface area contributed by atoms with Gasteiger partial charge >= 0.3 is 0 Å². The van der Waals surface area contributed by atoms with Gasteiger partial charge in [0.05, 0.1) is 6.54 Å². The molecule has 2 aliphatic heterocycles. The summed E-state index contributed by atoms with van der Waals surface area (Å²) in [4.78, 5) is 6.78. The number of aryl methyl sites for hydroxylation is 1. The van der Waals surface area contributed by atoms with Crippen LogP contribution >= 0.6 is 0 Å². The molecule has 7 nitrogen and oxygen atoms in total. The Hall–Kier alpha value is -1.38. The molecule has 0 amide bonds. The van der Waals surface area contributed by atoms with E-state index in [4.69, 9.17) is 9.47 Å². The quantitative estimate of drug-likeness (QED) is 0.869. The maximum atomic E-state index is 12.3. The molecular formula is C15H21N3O4S. The number of hydrogen-bond acceptors (Lipinski definition) is 6. The molecule has 0 radical (unpaired) electrons. The minimum Gasteiger partial charge on any atom is -0.476 e. The van der Waals surface area contributed by atoms with Gasteiger partial charge < -0.3 is 9.47 Å². The SMILES string of the molecule is Cc1cc2c(nc1OCCN1CCC1)OC1(CC1)CNS2(=O)=O. The largest absolute Gasteiger partial charge is 0.476 e. The first kappa shape index (κ1) is 15.2. The zero-order chi connectivity index (χ0) is 16.1. The summed E-state index contributed by atoms with van der Waals surface area (Å²) >= 11 is 0. The second-order valence-corrected chi connectivity index (χ2v) is 8.30. The van der Waals surface area contributed by atoms with Crippen LogP contribution in [0.4, 0.5) is 0 Å². The monoisotopic (exact) mass is 339 g/mol. The van der Waals surface area contributed by atoms with E-state index in [0.29, 0.717) is 24.6 Å². The van der Waals surface area contributed by atoms with Crippen LogP contribution in [0.5, 0.6) is 11.8 Å². The Morgan fingerprint density at radius 1 is 1.43 bits per heavy atom. The van der Waals surface area contributed by atoms with E-state index in [-0.39, 0.29) is 10.8 Å². The molecule has 2 fully saturated rings. The Morgan fingerprint density at radius 3 is 2.87 bits per heavy atom. The van der Waals surface area contributed by atoms with Crippen LogP contribution in [-0.2, 0) is 10.0 Å². The van der Waals surface area contributed by atoms with E-state index in [1.165, 1.54) is 6.42 Å². The summed E-state index contributed by atoms with van der Waals surface area (Å²) in [5.41, 5.74) is 0.281. The molecule has 126 valence electrons. The lowest BCUT2D eigenvalue weighted by Crippen LogP contribution is -2.39. The van der Waals surface area contributed by atoms with Gasteiger partial charge in [-0.25, -0.2) is 13.1 Å². The van der Waals surface area contributed by atoms with E-state index >= 15 is 0 Å². The van der Waals surface area contributed by atoms with Crippen molar-refractivity contribution in [1.29, 1.82) is 0 Å². The average Bonchev–Trinajstić information content (AvgIpc) is 3.23. The molecule has 1 aromatic rings. The van der Waals surface area contributed by atoms with Gasteiger partial charge in [-0.05, 0) is 45.3 Å². The molecule has 3 aliphatic rings. The third kappa shape index (κ3) is 2.90. The summed E-state index contributed by atoms with van der Waals surface area (Å²) in [6.07, 6.45) is 2.93. The number of aromatic nitrogens is 1. The Morgan fingerprint density at radius 2 is 2.22 bits per heavy atom. The summed E-state index contributed by atoms with van der Waals surface area (Å²) in [6, 6.07) is 1.59. The molecular weight excluding hydrogens is 318 g/mol. The van der Waals surface area contributed by atoms with Gasteiger partial charge in [0, 0.05) is 12.1 Å². The number of fused-ring (bicyclic) bond motifs is 1. The van der Waals surface area contributed by atoms with Crippen molar-refractivity contribution < 1.29 is 17.9 Å². The highest BCUT2D eigenvalue weighted by Crippen LogP contribution is 2.43. The number of nitrogens with zero attached hydrogens (tertiary/aromatic N) is 2. The Balaban J connectivity index is 1.58. The average molecular weight is 339 g/mol. The van der Waals surface area contributed by atoms with Crippen LogP contribution in [0.15, 0.2) is 11.0 Å². The fourth-order valence-corrected chi connectivity index (χ4v) is 4.07. The molecule has 1 aliphatic carbocycles. The van der Waals surface area contributed by atoms with Crippen molar-refractivity contribution in [1.82, 2.24) is 14.6 Å². The van der Waals surface area contributed by atoms with Crippen LogP contribution in [0.1, 0.15) is 24.8 Å². The topological polar surface area (TPSA) is 80.8 Å². The molecule has 0 bridgehead atoms.